The molecule has 4 heteroatoms. The predicted molar refractivity (Wildman–Crippen MR) is 83.6 cm³/mol. The normalized spacial score (nSPS) is 24.3. The Balaban J connectivity index is 1.86. The van der Waals surface area contributed by atoms with Crippen LogP contribution in [0.1, 0.15) is 29.3 Å². The summed E-state index contributed by atoms with van der Waals surface area (Å²) < 4.78 is 11.6. The van der Waals surface area contributed by atoms with E-state index in [-0.39, 0.29) is 5.78 Å². The Labute approximate surface area is 123 Å². The van der Waals surface area contributed by atoms with Crippen LogP contribution < -0.4 is 0 Å². The largest absolute Gasteiger partial charge is 0.302 e. The highest BCUT2D eigenvalue weighted by molar-refractivity contribution is 7.85. The first-order chi connectivity index (χ1) is 9.54. The lowest BCUT2D eigenvalue weighted by Crippen LogP contribution is -2.31. The van der Waals surface area contributed by atoms with Gasteiger partial charge in [-0.1, -0.05) is 36.8 Å². The summed E-state index contributed by atoms with van der Waals surface area (Å²) >= 11 is 0. The Hall–Kier alpha value is -1.00. The van der Waals surface area contributed by atoms with Crippen molar-refractivity contribution in [2.24, 2.45) is 5.92 Å². The van der Waals surface area contributed by atoms with E-state index >= 15 is 0 Å². The summed E-state index contributed by atoms with van der Waals surface area (Å²) in [7, 11) is -0.688. The highest BCUT2D eigenvalue weighted by Gasteiger charge is 2.19. The zero-order valence-electron chi connectivity index (χ0n) is 12.3. The third-order valence-corrected chi connectivity index (χ3v) is 5.28. The lowest BCUT2D eigenvalue weighted by atomic mass is 10.1. The topological polar surface area (TPSA) is 37.4 Å². The molecule has 2 unspecified atom stereocenters. The molecular formula is C16H23NO2S. The number of rotatable bonds is 4. The van der Waals surface area contributed by atoms with Gasteiger partial charge in [0.25, 0.3) is 0 Å². The van der Waals surface area contributed by atoms with Gasteiger partial charge in [0.05, 0.1) is 0 Å². The van der Waals surface area contributed by atoms with Crippen LogP contribution >= 0.6 is 0 Å². The number of hydrogen-bond acceptors (Lipinski definition) is 3. The van der Waals surface area contributed by atoms with E-state index in [1.807, 2.05) is 31.2 Å². The van der Waals surface area contributed by atoms with Gasteiger partial charge in [-0.25, -0.2) is 0 Å². The van der Waals surface area contributed by atoms with E-state index in [1.165, 1.54) is 5.56 Å². The summed E-state index contributed by atoms with van der Waals surface area (Å²) in [6, 6.07) is 7.75. The minimum Gasteiger partial charge on any atom is -0.302 e. The summed E-state index contributed by atoms with van der Waals surface area (Å²) in [5.74, 6) is 2.18. The van der Waals surface area contributed by atoms with Crippen molar-refractivity contribution in [2.75, 3.05) is 31.1 Å². The van der Waals surface area contributed by atoms with Gasteiger partial charge in [-0.05, 0) is 12.8 Å². The lowest BCUT2D eigenvalue weighted by Gasteiger charge is -2.21. The van der Waals surface area contributed by atoms with Crippen molar-refractivity contribution in [3.8, 4) is 0 Å². The molecule has 1 heterocycles. The van der Waals surface area contributed by atoms with Gasteiger partial charge in [0.2, 0.25) is 0 Å². The fraction of sp³-hybridized carbons (Fsp3) is 0.562. The minimum atomic E-state index is -0.688. The molecule has 0 radical (unpaired) electrons. The van der Waals surface area contributed by atoms with Crippen LogP contribution in [0.25, 0.3) is 0 Å². The van der Waals surface area contributed by atoms with Crippen molar-refractivity contribution in [3.05, 3.63) is 35.4 Å². The Morgan fingerprint density at radius 2 is 2.05 bits per heavy atom. The summed E-state index contributed by atoms with van der Waals surface area (Å²) in [6.07, 6.45) is 0.544. The maximum Gasteiger partial charge on any atom is 0.164 e. The fourth-order valence-corrected chi connectivity index (χ4v) is 3.93. The van der Waals surface area contributed by atoms with E-state index in [2.05, 4.69) is 11.8 Å². The predicted octanol–water partition coefficient (Wildman–Crippen LogP) is 2.27. The summed E-state index contributed by atoms with van der Waals surface area (Å²) in [5, 5.41) is 0. The standard InChI is InChI=1S/C16H23NO2S/c1-13-3-5-15(6-4-13)16(18)7-8-17-9-10-20(19)12-14(2)11-17/h3-6,14H,7-12H2,1-2H3. The van der Waals surface area contributed by atoms with Crippen LogP contribution in [0, 0.1) is 12.8 Å². The van der Waals surface area contributed by atoms with Crippen LogP contribution in [-0.2, 0) is 10.8 Å². The minimum absolute atomic E-state index is 0.197. The van der Waals surface area contributed by atoms with Crippen molar-refractivity contribution < 1.29 is 9.00 Å². The SMILES string of the molecule is Cc1ccc(C(=O)CCN2CCS(=O)CC(C)C2)cc1. The van der Waals surface area contributed by atoms with Gasteiger partial charge in [-0.2, -0.15) is 0 Å². The molecule has 1 aliphatic rings. The zero-order valence-corrected chi connectivity index (χ0v) is 13.1. The number of Topliss-reactive ketones (excluding diaryl/α,β-unsaturated/α-hetero) is 1. The van der Waals surface area contributed by atoms with E-state index in [4.69, 9.17) is 0 Å². The molecule has 0 aromatic heterocycles. The molecule has 0 bridgehead atoms. The van der Waals surface area contributed by atoms with Crippen LogP contribution in [0.5, 0.6) is 0 Å². The van der Waals surface area contributed by atoms with Crippen molar-refractivity contribution in [2.45, 2.75) is 20.3 Å². The molecule has 1 aliphatic heterocycles. The van der Waals surface area contributed by atoms with Crippen LogP contribution in [0.3, 0.4) is 0 Å². The summed E-state index contributed by atoms with van der Waals surface area (Å²) in [5.41, 5.74) is 1.97. The van der Waals surface area contributed by atoms with Crippen molar-refractivity contribution >= 4 is 16.6 Å². The number of ketones is 1. The molecule has 1 fully saturated rings. The Bertz CT molecular complexity index is 484. The van der Waals surface area contributed by atoms with Crippen LogP contribution in [0.2, 0.25) is 0 Å². The molecule has 0 N–H and O–H groups in total. The van der Waals surface area contributed by atoms with Crippen LogP contribution in [0.4, 0.5) is 0 Å². The number of aryl methyl sites for hydroxylation is 1. The highest BCUT2D eigenvalue weighted by atomic mass is 32.2. The summed E-state index contributed by atoms with van der Waals surface area (Å²) in [6.45, 7) is 6.73. The van der Waals surface area contributed by atoms with Gasteiger partial charge >= 0.3 is 0 Å². The fourth-order valence-electron chi connectivity index (χ4n) is 2.56. The molecular weight excluding hydrogens is 270 g/mol. The maximum absolute atomic E-state index is 12.1. The number of carbonyl (C=O) groups excluding carboxylic acids is 1. The molecule has 110 valence electrons. The number of nitrogens with zero attached hydrogens (tertiary/aromatic N) is 1. The van der Waals surface area contributed by atoms with Crippen LogP contribution in [0.15, 0.2) is 24.3 Å². The molecule has 3 nitrogen and oxygen atoms in total. The monoisotopic (exact) mass is 293 g/mol. The maximum atomic E-state index is 12.1. The molecule has 1 saturated heterocycles. The van der Waals surface area contributed by atoms with Gasteiger partial charge in [-0.15, -0.1) is 0 Å². The Kier molecular flexibility index (Phi) is 5.49. The molecule has 2 atom stereocenters. The van der Waals surface area contributed by atoms with Crippen molar-refractivity contribution in [1.82, 2.24) is 4.90 Å². The van der Waals surface area contributed by atoms with E-state index in [9.17, 15) is 9.00 Å². The number of carbonyl (C=O) groups is 1. The quantitative estimate of drug-likeness (QED) is 0.799. The van der Waals surface area contributed by atoms with E-state index in [0.29, 0.717) is 12.3 Å². The average Bonchev–Trinajstić information content (AvgIpc) is 2.57. The zero-order chi connectivity index (χ0) is 14.5. The van der Waals surface area contributed by atoms with Gasteiger partial charge in [0, 0.05) is 53.9 Å². The highest BCUT2D eigenvalue weighted by Crippen LogP contribution is 2.11. The van der Waals surface area contributed by atoms with Gasteiger partial charge < -0.3 is 4.90 Å². The number of benzene rings is 1. The molecule has 0 saturated carbocycles. The molecule has 0 amide bonds. The first-order valence-corrected chi connectivity index (χ1v) is 8.70. The van der Waals surface area contributed by atoms with Crippen LogP contribution in [-0.4, -0.2) is 46.0 Å². The average molecular weight is 293 g/mol. The molecule has 0 aliphatic carbocycles. The van der Waals surface area contributed by atoms with E-state index in [1.54, 1.807) is 0 Å². The molecule has 0 spiro atoms. The second-order valence-corrected chi connectivity index (χ2v) is 7.38. The van der Waals surface area contributed by atoms with Gasteiger partial charge in [-0.3, -0.25) is 9.00 Å². The Morgan fingerprint density at radius 1 is 1.35 bits per heavy atom. The molecule has 1 aromatic carbocycles. The molecule has 1 aromatic rings. The first-order valence-electron chi connectivity index (χ1n) is 7.22. The van der Waals surface area contributed by atoms with Crippen molar-refractivity contribution in [3.63, 3.8) is 0 Å². The first kappa shape index (κ1) is 15.4. The third-order valence-electron chi connectivity index (χ3n) is 3.70. The Morgan fingerprint density at radius 3 is 2.75 bits per heavy atom. The third kappa shape index (κ3) is 4.53. The van der Waals surface area contributed by atoms with E-state index in [0.717, 1.165) is 36.7 Å². The number of hydrogen-bond donors (Lipinski definition) is 0. The molecule has 2 rings (SSSR count). The van der Waals surface area contributed by atoms with Gasteiger partial charge in [0.1, 0.15) is 0 Å². The molecule has 20 heavy (non-hydrogen) atoms. The summed E-state index contributed by atoms with van der Waals surface area (Å²) in [4.78, 5) is 14.4. The van der Waals surface area contributed by atoms with Crippen molar-refractivity contribution in [1.29, 1.82) is 0 Å². The van der Waals surface area contributed by atoms with E-state index < -0.39 is 10.8 Å². The smallest absolute Gasteiger partial charge is 0.164 e. The second kappa shape index (κ2) is 7.14. The second-order valence-electron chi connectivity index (χ2n) is 5.76. The lowest BCUT2D eigenvalue weighted by molar-refractivity contribution is 0.0963. The van der Waals surface area contributed by atoms with Gasteiger partial charge in [0.15, 0.2) is 5.78 Å².